The predicted molar refractivity (Wildman–Crippen MR) is 493 cm³/mol. The van der Waals surface area contributed by atoms with Crippen LogP contribution in [-0.2, 0) is 60.8 Å². The fraction of sp³-hybridized carbons (Fsp3) is 0.337. The van der Waals surface area contributed by atoms with E-state index >= 15 is 0 Å². The highest BCUT2D eigenvalue weighted by atomic mass is 127. The van der Waals surface area contributed by atoms with Crippen molar-refractivity contribution in [1.29, 1.82) is 0 Å². The lowest BCUT2D eigenvalue weighted by molar-refractivity contribution is -0.870. The minimum Gasteiger partial charge on any atom is -0.481 e. The molecule has 0 amide bonds. The van der Waals surface area contributed by atoms with Gasteiger partial charge in [0.05, 0.1) is 83.1 Å². The van der Waals surface area contributed by atoms with E-state index in [9.17, 15) is 38.4 Å². The lowest BCUT2D eigenvalue weighted by Crippen LogP contribution is -2.35. The standard InChI is InChI=1S/2C17H22N2O.C16H20N2O.C10H13NO2.2C8H11NO2.C6H7NO.C5H8O2.CH3I.CH4.2HI/c2*1-19(2,3)11-7-10-15-12-16(18-17(15)13-20)14-8-5-4-6-9-14;1-18(2)10-6-9-14-11-15(17-16(14)12-19)13-7-4-3-5-8-13;1-3-13-10(12)5-4-9-6-8(2)7-11-9;2*1-6-4-7(9-5-6)2-3-8(10)11;1-5-2-6(4-8)7-3-5;1-3-5(6)7-4-2;1-2;;;/h4-6,8-9,12-13H,7,10-11H2,1-3H3;4-6,8-9,12-13,18H,1,7,10-11H2,2-3H3;3-5,7-8,11-12,17H,6,9-10H2,1-2H3;4-7,11H,3H2,1-2H3;2*4-5,9H,2-3H2,1H3,(H,10,11);2-4,7H,1H3;3H,1,4H2,2H3;1H3;1H4;2*1H/p+1/b;;;5-4+;;;;;;;;. The van der Waals surface area contributed by atoms with Gasteiger partial charge in [-0.3, -0.25) is 28.8 Å². The van der Waals surface area contributed by atoms with Crippen LogP contribution in [-0.4, -0.2) is 195 Å². The van der Waals surface area contributed by atoms with E-state index in [1.54, 1.807) is 32.2 Å². The molecule has 7 heterocycles. The minimum atomic E-state index is -0.753. The Labute approximate surface area is 723 Å². The number of aldehydes is 4. The van der Waals surface area contributed by atoms with Crippen molar-refractivity contribution in [2.75, 3.05) is 87.1 Å². The molecule has 0 bridgehead atoms. The molecule has 0 fully saturated rings. The van der Waals surface area contributed by atoms with Crippen molar-refractivity contribution in [3.63, 3.8) is 0 Å². The van der Waals surface area contributed by atoms with Crippen molar-refractivity contribution in [2.24, 2.45) is 0 Å². The summed E-state index contributed by atoms with van der Waals surface area (Å²) in [5.41, 5.74) is 19.9. The number of carboxylic acids is 2. The molecule has 25 heteroatoms. The van der Waals surface area contributed by atoms with Crippen LogP contribution in [0.15, 0.2) is 177 Å². The van der Waals surface area contributed by atoms with Crippen molar-refractivity contribution in [3.05, 3.63) is 263 Å². The summed E-state index contributed by atoms with van der Waals surface area (Å²) in [5, 5.41) is 16.7. The molecule has 7 aromatic heterocycles. The van der Waals surface area contributed by atoms with E-state index < -0.39 is 11.9 Å². The van der Waals surface area contributed by atoms with E-state index in [1.165, 1.54) is 6.08 Å². The summed E-state index contributed by atoms with van der Waals surface area (Å²) in [7, 11) is 18.9. The van der Waals surface area contributed by atoms with Crippen molar-refractivity contribution < 1.29 is 67.0 Å². The number of hydrogen-bond acceptors (Lipinski definition) is 11. The number of quaternary nitrogens is 2. The van der Waals surface area contributed by atoms with Crippen LogP contribution in [0.2, 0.25) is 0 Å². The topological polar surface area (TPSA) is 309 Å². The lowest BCUT2D eigenvalue weighted by Gasteiger charge is -2.32. The Morgan fingerprint density at radius 3 is 1.11 bits per heavy atom. The number of H-pyrrole nitrogens is 7. The zero-order chi connectivity index (χ0) is 82.7. The molecule has 0 spiro atoms. The summed E-state index contributed by atoms with van der Waals surface area (Å²) in [4.78, 5) is 110. The van der Waals surface area contributed by atoms with Crippen LogP contribution in [0.25, 0.3) is 39.8 Å². The lowest BCUT2D eigenvalue weighted by atomic mass is 10.1. The molecule has 0 aliphatic rings. The Morgan fingerprint density at radius 2 is 0.833 bits per heavy atom. The average Bonchev–Trinajstić information content (AvgIpc) is 1.71. The van der Waals surface area contributed by atoms with Crippen LogP contribution in [0.1, 0.15) is 151 Å². The average molecular weight is 1910 g/mol. The van der Waals surface area contributed by atoms with Crippen LogP contribution < -0.4 is 0 Å². The second-order valence-electron chi connectivity index (χ2n) is 27.7. The molecule has 0 saturated carbocycles. The first kappa shape index (κ1) is 107. The monoisotopic (exact) mass is 1910 g/mol. The van der Waals surface area contributed by atoms with Gasteiger partial charge in [0.2, 0.25) is 0 Å². The number of halogens is 3. The number of alkyl halides is 1. The molecule has 9 N–H and O–H groups in total. The summed E-state index contributed by atoms with van der Waals surface area (Å²) in [6, 6.07) is 44.2. The molecule has 0 radical (unpaired) electrons. The van der Waals surface area contributed by atoms with Crippen LogP contribution in [0.4, 0.5) is 0 Å². The van der Waals surface area contributed by atoms with Crippen molar-refractivity contribution in [3.8, 4) is 33.8 Å². The third-order valence-corrected chi connectivity index (χ3v) is 15.9. The SMILES string of the molecule is C.C=CC(=O)OCC.CCOC(=O)/C=C/c1cc(C)c[nH]1.CI.CN(C)CCCc1cc(-c2ccccc2)[nH]c1C=O.C[N+](C)(C)CCCc1cc(-c2ccccc2)[nH]c1C=O.Cc1c[nH]c(C=O)c1.Cc1c[nH]c(CCC(=O)O)c1.Cc1c[nH]c(CCC(=O)O)c1.I.I.[CH2-][N+](C)(C)CCCc1cc(-c2ccccc2)[nH]c1C=O. The second kappa shape index (κ2) is 60.3. The number of hydrogen-bond donors (Lipinski definition) is 9. The van der Waals surface area contributed by atoms with Gasteiger partial charge in [-0.2, -0.15) is 0 Å². The molecular formula is C89H124I3N10O12+. The molecule has 0 saturated heterocycles. The van der Waals surface area contributed by atoms with Crippen molar-refractivity contribution in [1.82, 2.24) is 39.8 Å². The Kier molecular flexibility index (Phi) is 56.5. The third kappa shape index (κ3) is 47.4. The van der Waals surface area contributed by atoms with Gasteiger partial charge in [0, 0.05) is 91.6 Å². The number of aromatic amines is 7. The van der Waals surface area contributed by atoms with Gasteiger partial charge in [-0.1, -0.05) is 128 Å². The molecule has 114 heavy (non-hydrogen) atoms. The van der Waals surface area contributed by atoms with Gasteiger partial charge in [-0.05, 0) is 216 Å². The fourth-order valence-corrected chi connectivity index (χ4v) is 10.5. The third-order valence-electron chi connectivity index (χ3n) is 15.9. The Hall–Kier alpha value is -9.27. The molecule has 0 aliphatic heterocycles. The van der Waals surface area contributed by atoms with Gasteiger partial charge < -0.3 is 68.4 Å². The van der Waals surface area contributed by atoms with Gasteiger partial charge in [-0.25, -0.2) is 9.59 Å². The normalized spacial score (nSPS) is 10.1. The smallest absolute Gasteiger partial charge is 0.330 e. The maximum Gasteiger partial charge on any atom is 0.330 e. The number of carbonyl (C=O) groups excluding carboxylic acids is 6. The number of benzene rings is 3. The van der Waals surface area contributed by atoms with E-state index in [0.717, 1.165) is 184 Å². The van der Waals surface area contributed by atoms with E-state index in [-0.39, 0.29) is 80.2 Å². The van der Waals surface area contributed by atoms with Crippen LogP contribution in [0.3, 0.4) is 0 Å². The minimum absolute atomic E-state index is 0. The molecule has 3 aromatic carbocycles. The number of carboxylic acid groups (broad SMARTS) is 2. The molecule has 22 nitrogen and oxygen atoms in total. The number of aliphatic carboxylic acids is 2. The van der Waals surface area contributed by atoms with Crippen molar-refractivity contribution in [2.45, 2.75) is 113 Å². The summed E-state index contributed by atoms with van der Waals surface area (Å²) in [6.45, 7) is 18.6. The fourth-order valence-electron chi connectivity index (χ4n) is 10.5. The summed E-state index contributed by atoms with van der Waals surface area (Å²) in [6.07, 6.45) is 22.7. The summed E-state index contributed by atoms with van der Waals surface area (Å²) in [5.74, 6) is -2.17. The zero-order valence-electron chi connectivity index (χ0n) is 68.1. The number of aryl methyl sites for hydroxylation is 9. The number of rotatable bonds is 30. The first-order valence-corrected chi connectivity index (χ1v) is 38.9. The number of carbonyl (C=O) groups is 8. The highest BCUT2D eigenvalue weighted by Gasteiger charge is 2.14. The van der Waals surface area contributed by atoms with Gasteiger partial charge in [-0.15, -0.1) is 55.0 Å². The summed E-state index contributed by atoms with van der Waals surface area (Å²) >= 11 is 2.15. The number of aromatic nitrogens is 7. The number of ether oxygens (including phenoxy) is 2. The molecular weight excluding hydrogens is 1780 g/mol. The Bertz CT molecular complexity index is 4180. The van der Waals surface area contributed by atoms with E-state index in [0.29, 0.717) is 53.3 Å². The molecule has 10 aromatic rings. The van der Waals surface area contributed by atoms with E-state index in [2.05, 4.69) is 160 Å². The van der Waals surface area contributed by atoms with Gasteiger partial charge in [0.1, 0.15) is 0 Å². The maximum atomic E-state index is 11.2. The Balaban J connectivity index is 0. The van der Waals surface area contributed by atoms with Crippen LogP contribution >= 0.6 is 70.5 Å². The Morgan fingerprint density at radius 1 is 0.491 bits per heavy atom. The molecule has 10 rings (SSSR count). The first-order valence-electron chi connectivity index (χ1n) is 36.7. The maximum absolute atomic E-state index is 11.2. The largest absolute Gasteiger partial charge is 0.481 e. The highest BCUT2D eigenvalue weighted by Crippen LogP contribution is 2.25. The van der Waals surface area contributed by atoms with E-state index in [1.807, 2.05) is 148 Å². The number of nitrogens with one attached hydrogen (secondary N) is 7. The number of nitrogens with zero attached hydrogens (tertiary/aromatic N) is 3. The zero-order valence-corrected chi connectivity index (χ0v) is 74.9. The van der Waals surface area contributed by atoms with Crippen LogP contribution in [0, 0.1) is 34.7 Å². The van der Waals surface area contributed by atoms with Crippen molar-refractivity contribution >= 4 is 126 Å². The van der Waals surface area contributed by atoms with Gasteiger partial charge >= 0.3 is 23.9 Å². The van der Waals surface area contributed by atoms with E-state index in [4.69, 9.17) is 14.9 Å². The highest BCUT2D eigenvalue weighted by molar-refractivity contribution is 14.1. The quantitative estimate of drug-likeness (QED) is 0.00385. The van der Waals surface area contributed by atoms with Gasteiger partial charge in [0.25, 0.3) is 0 Å². The molecule has 0 aliphatic carbocycles. The molecule has 622 valence electrons. The second-order valence-corrected chi connectivity index (χ2v) is 27.7. The number of esters is 2. The first-order chi connectivity index (χ1) is 52.9. The predicted octanol–water partition coefficient (Wildman–Crippen LogP) is 18.8. The molecule has 0 unspecified atom stereocenters. The summed E-state index contributed by atoms with van der Waals surface area (Å²) < 4.78 is 10.8. The van der Waals surface area contributed by atoms with Gasteiger partial charge in [0.15, 0.2) is 25.1 Å². The van der Waals surface area contributed by atoms with Crippen LogP contribution in [0.5, 0.6) is 0 Å². The molecule has 0 atom stereocenters.